The molecule has 0 radical (unpaired) electrons. The van der Waals surface area contributed by atoms with Gasteiger partial charge in [-0.25, -0.2) is 0 Å². The lowest BCUT2D eigenvalue weighted by atomic mass is 10.2. The molecule has 1 unspecified atom stereocenters. The normalized spacial score (nSPS) is 20.2. The van der Waals surface area contributed by atoms with Gasteiger partial charge in [0.25, 0.3) is 0 Å². The van der Waals surface area contributed by atoms with Crippen LogP contribution in [-0.4, -0.2) is 27.2 Å². The van der Waals surface area contributed by atoms with Crippen molar-refractivity contribution in [1.29, 1.82) is 0 Å². The number of amides is 1. The third kappa shape index (κ3) is 4.82. The van der Waals surface area contributed by atoms with Gasteiger partial charge < -0.3 is 10.1 Å². The summed E-state index contributed by atoms with van der Waals surface area (Å²) in [6, 6.07) is 7.87. The topological polar surface area (TPSA) is 55.4 Å². The van der Waals surface area contributed by atoms with Crippen molar-refractivity contribution in [3.05, 3.63) is 29.8 Å². The highest BCUT2D eigenvalue weighted by Gasteiger charge is 2.23. The summed E-state index contributed by atoms with van der Waals surface area (Å²) in [5.41, 5.74) is 0.990. The van der Waals surface area contributed by atoms with Gasteiger partial charge in [-0.15, -0.1) is 0 Å². The Balaban J connectivity index is 1.50. The molecule has 2 fully saturated rings. The van der Waals surface area contributed by atoms with E-state index in [4.69, 9.17) is 4.74 Å². The van der Waals surface area contributed by atoms with Crippen molar-refractivity contribution in [3.8, 4) is 5.75 Å². The van der Waals surface area contributed by atoms with Gasteiger partial charge in [0.1, 0.15) is 11.5 Å². The Morgan fingerprint density at radius 2 is 1.75 bits per heavy atom. The van der Waals surface area contributed by atoms with Crippen LogP contribution in [0.5, 0.6) is 5.75 Å². The van der Waals surface area contributed by atoms with Gasteiger partial charge in [-0.1, -0.05) is 31.0 Å². The van der Waals surface area contributed by atoms with Crippen molar-refractivity contribution in [2.45, 2.75) is 69.3 Å². The molecular weight excluding hydrogens is 322 g/mol. The lowest BCUT2D eigenvalue weighted by molar-refractivity contribution is -0.118. The molecule has 2 aliphatic carbocycles. The fourth-order valence-corrected chi connectivity index (χ4v) is 5.05. The SMILES string of the molecule is O=C(CS(=O)C1CCCC1)NCc1ccccc1OC1CCCC1. The van der Waals surface area contributed by atoms with Crippen LogP contribution in [0.25, 0.3) is 0 Å². The Bertz CT molecular complexity index is 578. The molecule has 0 bridgehead atoms. The zero-order chi connectivity index (χ0) is 16.8. The molecule has 0 aromatic heterocycles. The lowest BCUT2D eigenvalue weighted by Gasteiger charge is -2.17. The summed E-state index contributed by atoms with van der Waals surface area (Å²) in [6.07, 6.45) is 9.27. The minimum atomic E-state index is -1.04. The number of nitrogens with one attached hydrogen (secondary N) is 1. The Kier molecular flexibility index (Phi) is 6.30. The molecule has 3 rings (SSSR count). The van der Waals surface area contributed by atoms with E-state index in [1.165, 1.54) is 12.8 Å². The van der Waals surface area contributed by atoms with E-state index in [0.717, 1.165) is 49.8 Å². The number of rotatable bonds is 7. The van der Waals surface area contributed by atoms with E-state index >= 15 is 0 Å². The van der Waals surface area contributed by atoms with Gasteiger partial charge in [-0.05, 0) is 44.6 Å². The minimum Gasteiger partial charge on any atom is -0.490 e. The Morgan fingerprint density at radius 3 is 2.50 bits per heavy atom. The molecule has 1 atom stereocenters. The smallest absolute Gasteiger partial charge is 0.232 e. The molecule has 1 N–H and O–H groups in total. The number of hydrogen-bond donors (Lipinski definition) is 1. The second kappa shape index (κ2) is 8.65. The van der Waals surface area contributed by atoms with Gasteiger partial charge in [0.15, 0.2) is 0 Å². The molecular formula is C19H27NO3S. The van der Waals surface area contributed by atoms with E-state index in [0.29, 0.717) is 12.6 Å². The van der Waals surface area contributed by atoms with Gasteiger partial charge in [0.2, 0.25) is 5.91 Å². The van der Waals surface area contributed by atoms with Gasteiger partial charge in [-0.2, -0.15) is 0 Å². The number of carbonyl (C=O) groups is 1. The van der Waals surface area contributed by atoms with Crippen LogP contribution in [-0.2, 0) is 22.1 Å². The van der Waals surface area contributed by atoms with Crippen LogP contribution < -0.4 is 10.1 Å². The van der Waals surface area contributed by atoms with E-state index in [1.54, 1.807) is 0 Å². The van der Waals surface area contributed by atoms with E-state index < -0.39 is 10.8 Å². The molecule has 0 aliphatic heterocycles. The van der Waals surface area contributed by atoms with Crippen LogP contribution in [0.15, 0.2) is 24.3 Å². The molecule has 2 aliphatic rings. The molecule has 5 heteroatoms. The standard InChI is InChI=1S/C19H27NO3S/c21-19(14-24(22)17-10-4-5-11-17)20-13-15-7-1-6-12-18(15)23-16-8-2-3-9-16/h1,6-7,12,16-17H,2-5,8-11,13-14H2,(H,20,21). The predicted octanol–water partition coefficient (Wildman–Crippen LogP) is 3.32. The molecule has 1 aromatic carbocycles. The van der Waals surface area contributed by atoms with Crippen LogP contribution in [0.4, 0.5) is 0 Å². The zero-order valence-electron chi connectivity index (χ0n) is 14.2. The predicted molar refractivity (Wildman–Crippen MR) is 96.4 cm³/mol. The second-order valence-corrected chi connectivity index (χ2v) is 8.56. The Hall–Kier alpha value is -1.36. The van der Waals surface area contributed by atoms with Gasteiger partial charge in [0.05, 0.1) is 6.10 Å². The maximum atomic E-state index is 12.2. The fourth-order valence-electron chi connectivity index (χ4n) is 3.59. The number of carbonyl (C=O) groups excluding carboxylic acids is 1. The van der Waals surface area contributed by atoms with E-state index in [9.17, 15) is 9.00 Å². The molecule has 24 heavy (non-hydrogen) atoms. The molecule has 132 valence electrons. The van der Waals surface area contributed by atoms with Gasteiger partial charge in [0, 0.05) is 28.2 Å². The third-order valence-corrected chi connectivity index (χ3v) is 6.75. The minimum absolute atomic E-state index is 0.121. The fraction of sp³-hybridized carbons (Fsp3) is 0.632. The maximum Gasteiger partial charge on any atom is 0.232 e. The van der Waals surface area contributed by atoms with Crippen LogP contribution >= 0.6 is 0 Å². The molecule has 0 heterocycles. The van der Waals surface area contributed by atoms with Crippen molar-refractivity contribution in [2.75, 3.05) is 5.75 Å². The summed E-state index contributed by atoms with van der Waals surface area (Å²) in [5.74, 6) is 0.855. The van der Waals surface area contributed by atoms with Crippen LogP contribution in [0.2, 0.25) is 0 Å². The highest BCUT2D eigenvalue weighted by molar-refractivity contribution is 7.86. The van der Waals surface area contributed by atoms with Gasteiger partial charge in [-0.3, -0.25) is 9.00 Å². The first-order valence-corrected chi connectivity index (χ1v) is 10.5. The number of hydrogen-bond acceptors (Lipinski definition) is 3. The summed E-state index contributed by atoms with van der Waals surface area (Å²) in [7, 11) is -1.04. The van der Waals surface area contributed by atoms with Gasteiger partial charge >= 0.3 is 0 Å². The van der Waals surface area contributed by atoms with Crippen molar-refractivity contribution in [3.63, 3.8) is 0 Å². The third-order valence-electron chi connectivity index (χ3n) is 4.99. The average Bonchev–Trinajstić information content (AvgIpc) is 3.27. The first-order valence-electron chi connectivity index (χ1n) is 9.11. The molecule has 1 amide bonds. The molecule has 0 spiro atoms. The quantitative estimate of drug-likeness (QED) is 0.821. The van der Waals surface area contributed by atoms with Crippen molar-refractivity contribution in [2.24, 2.45) is 0 Å². The number of ether oxygens (including phenoxy) is 1. The molecule has 2 saturated carbocycles. The average molecular weight is 349 g/mol. The number of benzene rings is 1. The Labute approximate surface area is 146 Å². The van der Waals surface area contributed by atoms with Crippen LogP contribution in [0, 0.1) is 0 Å². The van der Waals surface area contributed by atoms with E-state index in [2.05, 4.69) is 5.32 Å². The highest BCUT2D eigenvalue weighted by Crippen LogP contribution is 2.26. The molecule has 0 saturated heterocycles. The first-order chi connectivity index (χ1) is 11.7. The monoisotopic (exact) mass is 349 g/mol. The summed E-state index contributed by atoms with van der Waals surface area (Å²) in [6.45, 7) is 0.434. The zero-order valence-corrected chi connectivity index (χ0v) is 15.0. The highest BCUT2D eigenvalue weighted by atomic mass is 32.2. The second-order valence-electron chi connectivity index (χ2n) is 6.84. The summed E-state index contributed by atoms with van der Waals surface area (Å²) < 4.78 is 18.3. The van der Waals surface area contributed by atoms with E-state index in [-0.39, 0.29) is 16.9 Å². The number of para-hydroxylation sites is 1. The van der Waals surface area contributed by atoms with Crippen molar-refractivity contribution < 1.29 is 13.7 Å². The lowest BCUT2D eigenvalue weighted by Crippen LogP contribution is -2.30. The summed E-state index contributed by atoms with van der Waals surface area (Å²) in [5, 5.41) is 3.12. The van der Waals surface area contributed by atoms with Crippen molar-refractivity contribution in [1.82, 2.24) is 5.32 Å². The first kappa shape index (κ1) is 17.5. The summed E-state index contributed by atoms with van der Waals surface area (Å²) in [4.78, 5) is 12.1. The Morgan fingerprint density at radius 1 is 1.08 bits per heavy atom. The molecule has 1 aromatic rings. The maximum absolute atomic E-state index is 12.2. The van der Waals surface area contributed by atoms with E-state index in [1.807, 2.05) is 24.3 Å². The van der Waals surface area contributed by atoms with Crippen molar-refractivity contribution >= 4 is 16.7 Å². The summed E-state index contributed by atoms with van der Waals surface area (Å²) >= 11 is 0. The molecule has 4 nitrogen and oxygen atoms in total. The van der Waals surface area contributed by atoms with Crippen LogP contribution in [0.3, 0.4) is 0 Å². The van der Waals surface area contributed by atoms with Crippen LogP contribution in [0.1, 0.15) is 56.9 Å². The largest absolute Gasteiger partial charge is 0.490 e.